The number of ether oxygens (including phenoxy) is 2. The third-order valence-electron chi connectivity index (χ3n) is 4.63. The fourth-order valence-corrected chi connectivity index (χ4v) is 3.45. The van der Waals surface area contributed by atoms with Crippen molar-refractivity contribution in [2.24, 2.45) is 0 Å². The summed E-state index contributed by atoms with van der Waals surface area (Å²) in [5.41, 5.74) is 5.56. The van der Waals surface area contributed by atoms with E-state index in [4.69, 9.17) is 9.47 Å². The summed E-state index contributed by atoms with van der Waals surface area (Å²) in [5, 5.41) is 0. The van der Waals surface area contributed by atoms with Crippen molar-refractivity contribution in [3.05, 3.63) is 58.7 Å². The van der Waals surface area contributed by atoms with E-state index < -0.39 is 0 Å². The molecule has 0 saturated carbocycles. The van der Waals surface area contributed by atoms with Gasteiger partial charge in [-0.15, -0.1) is 0 Å². The second-order valence-corrected chi connectivity index (χ2v) is 9.15. The van der Waals surface area contributed by atoms with Crippen molar-refractivity contribution in [3.63, 3.8) is 0 Å². The lowest BCUT2D eigenvalue weighted by atomic mass is 9.84. The average molecular weight is 355 g/mol. The van der Waals surface area contributed by atoms with Gasteiger partial charge in [0.25, 0.3) is 0 Å². The summed E-state index contributed by atoms with van der Waals surface area (Å²) >= 11 is 0. The number of hydrogen-bond acceptors (Lipinski definition) is 2. The maximum atomic E-state index is 5.86. The summed E-state index contributed by atoms with van der Waals surface area (Å²) < 4.78 is 11.7. The molecule has 0 aromatic heterocycles. The lowest BCUT2D eigenvalue weighted by Gasteiger charge is -2.22. The second-order valence-electron chi connectivity index (χ2n) is 9.15. The van der Waals surface area contributed by atoms with Crippen LogP contribution in [0, 0.1) is 13.8 Å². The van der Waals surface area contributed by atoms with E-state index in [1.54, 1.807) is 0 Å². The molecule has 2 nitrogen and oxygen atoms in total. The zero-order valence-corrected chi connectivity index (χ0v) is 17.7. The number of aryl methyl sites for hydroxylation is 2. The van der Waals surface area contributed by atoms with Crippen LogP contribution in [0.5, 0.6) is 11.5 Å². The first-order valence-electron chi connectivity index (χ1n) is 9.46. The van der Waals surface area contributed by atoms with E-state index in [1.165, 1.54) is 22.3 Å². The Labute approximate surface area is 159 Å². The van der Waals surface area contributed by atoms with Gasteiger partial charge in [-0.3, -0.25) is 0 Å². The molecule has 0 bridgehead atoms. The first-order valence-corrected chi connectivity index (χ1v) is 9.46. The van der Waals surface area contributed by atoms with E-state index in [9.17, 15) is 0 Å². The van der Waals surface area contributed by atoms with Crippen molar-refractivity contribution in [1.82, 2.24) is 0 Å². The highest BCUT2D eigenvalue weighted by molar-refractivity contribution is 5.39. The van der Waals surface area contributed by atoms with Gasteiger partial charge in [-0.1, -0.05) is 53.7 Å². The zero-order chi connectivity index (χ0) is 19.5. The number of rotatable bonds is 5. The highest BCUT2D eigenvalue weighted by Gasteiger charge is 2.17. The molecule has 0 atom stereocenters. The summed E-state index contributed by atoms with van der Waals surface area (Å²) in [6.45, 7) is 18.8. The molecule has 142 valence electrons. The van der Waals surface area contributed by atoms with Gasteiger partial charge < -0.3 is 9.47 Å². The van der Waals surface area contributed by atoms with Crippen LogP contribution >= 0.6 is 0 Å². The van der Waals surface area contributed by atoms with Gasteiger partial charge in [-0.2, -0.15) is 0 Å². The molecule has 0 N–H and O–H groups in total. The minimum Gasteiger partial charge on any atom is -0.490 e. The average Bonchev–Trinajstić information content (AvgIpc) is 2.49. The van der Waals surface area contributed by atoms with Crippen LogP contribution in [0.15, 0.2) is 36.4 Å². The van der Waals surface area contributed by atoms with Crippen LogP contribution in [0.1, 0.15) is 63.8 Å². The Morgan fingerprint density at radius 1 is 0.615 bits per heavy atom. The summed E-state index contributed by atoms with van der Waals surface area (Å²) in [5.74, 6) is 1.80. The Balaban J connectivity index is 1.89. The minimum absolute atomic E-state index is 0.156. The van der Waals surface area contributed by atoms with Crippen molar-refractivity contribution < 1.29 is 9.47 Å². The smallest absolute Gasteiger partial charge is 0.122 e. The fraction of sp³-hybridized carbons (Fsp3) is 0.500. The molecule has 2 aromatic carbocycles. The van der Waals surface area contributed by atoms with E-state index in [2.05, 4.69) is 91.8 Å². The van der Waals surface area contributed by atoms with Crippen molar-refractivity contribution in [1.29, 1.82) is 0 Å². The first kappa shape index (κ1) is 20.4. The monoisotopic (exact) mass is 354 g/mol. The summed E-state index contributed by atoms with van der Waals surface area (Å²) in [6.07, 6.45) is 0. The summed E-state index contributed by atoms with van der Waals surface area (Å²) in [6, 6.07) is 12.7. The van der Waals surface area contributed by atoms with Crippen molar-refractivity contribution >= 4 is 0 Å². The van der Waals surface area contributed by atoms with Crippen LogP contribution in [-0.2, 0) is 10.8 Å². The van der Waals surface area contributed by atoms with Crippen LogP contribution in [0.25, 0.3) is 0 Å². The Morgan fingerprint density at radius 2 is 0.962 bits per heavy atom. The van der Waals surface area contributed by atoms with Crippen LogP contribution < -0.4 is 9.47 Å². The van der Waals surface area contributed by atoms with Gasteiger partial charge in [0, 0.05) is 0 Å². The van der Waals surface area contributed by atoms with E-state index in [-0.39, 0.29) is 10.8 Å². The summed E-state index contributed by atoms with van der Waals surface area (Å²) in [4.78, 5) is 0. The Kier molecular flexibility index (Phi) is 6.05. The van der Waals surface area contributed by atoms with Gasteiger partial charge in [0.05, 0.1) is 0 Å². The third-order valence-corrected chi connectivity index (χ3v) is 4.63. The first-order chi connectivity index (χ1) is 12.0. The molecule has 0 amide bonds. The van der Waals surface area contributed by atoms with Gasteiger partial charge in [-0.25, -0.2) is 0 Å². The zero-order valence-electron chi connectivity index (χ0n) is 17.7. The maximum absolute atomic E-state index is 5.86. The molecule has 0 aliphatic carbocycles. The van der Waals surface area contributed by atoms with Crippen molar-refractivity contribution in [2.75, 3.05) is 13.2 Å². The molecule has 0 saturated heterocycles. The van der Waals surface area contributed by atoms with Crippen LogP contribution in [0.4, 0.5) is 0 Å². The number of hydrogen-bond donors (Lipinski definition) is 0. The Morgan fingerprint density at radius 3 is 1.23 bits per heavy atom. The van der Waals surface area contributed by atoms with Gasteiger partial charge in [-0.05, 0) is 71.2 Å². The van der Waals surface area contributed by atoms with E-state index in [1.807, 2.05) is 0 Å². The van der Waals surface area contributed by atoms with Crippen molar-refractivity contribution in [3.8, 4) is 11.5 Å². The topological polar surface area (TPSA) is 18.5 Å². The molecule has 0 heterocycles. The molecule has 0 fully saturated rings. The lowest BCUT2D eigenvalue weighted by molar-refractivity contribution is 0.217. The van der Waals surface area contributed by atoms with E-state index in [0.29, 0.717) is 13.2 Å². The molecule has 26 heavy (non-hydrogen) atoms. The molecule has 0 aliphatic heterocycles. The predicted molar refractivity (Wildman–Crippen MR) is 111 cm³/mol. The molecule has 2 heteroatoms. The van der Waals surface area contributed by atoms with E-state index in [0.717, 1.165) is 11.5 Å². The molecule has 0 aliphatic rings. The lowest BCUT2D eigenvalue weighted by Crippen LogP contribution is -2.14. The standard InChI is InChI=1S/C24H34O2/c1-17-15-19(9-11-21(17)23(3,4)5)25-13-14-26-20-10-12-22(18(2)16-20)24(6,7)8/h9-12,15-16H,13-14H2,1-8H3. The molecule has 0 spiro atoms. The highest BCUT2D eigenvalue weighted by Crippen LogP contribution is 2.29. The van der Waals surface area contributed by atoms with Gasteiger partial charge >= 0.3 is 0 Å². The maximum Gasteiger partial charge on any atom is 0.122 e. The van der Waals surface area contributed by atoms with Gasteiger partial charge in [0.2, 0.25) is 0 Å². The molecular formula is C24H34O2. The quantitative estimate of drug-likeness (QED) is 0.582. The largest absolute Gasteiger partial charge is 0.490 e. The number of benzene rings is 2. The minimum atomic E-state index is 0.156. The predicted octanol–water partition coefficient (Wildman–Crippen LogP) is 6.36. The SMILES string of the molecule is Cc1cc(OCCOc2ccc(C(C)(C)C)c(C)c2)ccc1C(C)(C)C. The Bertz CT molecular complexity index is 680. The Hall–Kier alpha value is -1.96. The second kappa shape index (κ2) is 7.73. The fourth-order valence-electron chi connectivity index (χ4n) is 3.45. The molecular weight excluding hydrogens is 320 g/mol. The molecule has 2 rings (SSSR count). The van der Waals surface area contributed by atoms with Crippen molar-refractivity contribution in [2.45, 2.75) is 66.2 Å². The van der Waals surface area contributed by atoms with Crippen LogP contribution in [-0.4, -0.2) is 13.2 Å². The van der Waals surface area contributed by atoms with Gasteiger partial charge in [0.15, 0.2) is 0 Å². The molecule has 0 radical (unpaired) electrons. The van der Waals surface area contributed by atoms with Crippen LogP contribution in [0.3, 0.4) is 0 Å². The molecule has 0 unspecified atom stereocenters. The normalized spacial score (nSPS) is 12.2. The van der Waals surface area contributed by atoms with E-state index >= 15 is 0 Å². The molecule has 2 aromatic rings. The van der Waals surface area contributed by atoms with Crippen LogP contribution in [0.2, 0.25) is 0 Å². The highest BCUT2D eigenvalue weighted by atomic mass is 16.5. The van der Waals surface area contributed by atoms with Gasteiger partial charge in [0.1, 0.15) is 24.7 Å². The summed E-state index contributed by atoms with van der Waals surface area (Å²) in [7, 11) is 0. The third kappa shape index (κ3) is 5.27.